The van der Waals surface area contributed by atoms with E-state index in [9.17, 15) is 9.59 Å². The summed E-state index contributed by atoms with van der Waals surface area (Å²) < 4.78 is 5.01. The largest absolute Gasteiger partial charge is 0.383 e. The van der Waals surface area contributed by atoms with E-state index < -0.39 is 5.91 Å². The molecule has 0 aromatic heterocycles. The molecule has 0 radical (unpaired) electrons. The van der Waals surface area contributed by atoms with Crippen molar-refractivity contribution in [2.24, 2.45) is 0 Å². The molecule has 1 fully saturated rings. The topological polar surface area (TPSA) is 82.7 Å². The molecule has 1 aromatic rings. The summed E-state index contributed by atoms with van der Waals surface area (Å²) in [5.74, 6) is -0.426. The second kappa shape index (κ2) is 8.98. The first kappa shape index (κ1) is 19.4. The van der Waals surface area contributed by atoms with Crippen molar-refractivity contribution in [1.29, 1.82) is 0 Å². The first-order valence-corrected chi connectivity index (χ1v) is 8.66. The van der Waals surface area contributed by atoms with Gasteiger partial charge in [-0.1, -0.05) is 11.6 Å². The number of benzene rings is 1. The summed E-state index contributed by atoms with van der Waals surface area (Å²) in [5, 5.41) is 3.70. The standard InChI is InChI=1S/C16H21ClN4O3S/c1-10(9-24-2)18-16(25)20-19-15(23)12-6-5-11(17)8-13(12)21-7-3-4-14(21)22/h5-6,8,10H,3-4,7,9H2,1-2H3,(H,19,23)(H2,18,20,25)/t10-/m0/s1. The number of hydrazine groups is 1. The summed E-state index contributed by atoms with van der Waals surface area (Å²) >= 11 is 11.1. The van der Waals surface area contributed by atoms with Crippen LogP contribution >= 0.6 is 23.8 Å². The van der Waals surface area contributed by atoms with Crippen LogP contribution < -0.4 is 21.1 Å². The van der Waals surface area contributed by atoms with Crippen molar-refractivity contribution in [2.75, 3.05) is 25.2 Å². The van der Waals surface area contributed by atoms with E-state index in [1.807, 2.05) is 6.92 Å². The number of carbonyl (C=O) groups excluding carboxylic acids is 2. The maximum atomic E-state index is 12.5. The van der Waals surface area contributed by atoms with Gasteiger partial charge in [0.1, 0.15) is 0 Å². The number of hydrogen-bond acceptors (Lipinski definition) is 4. The molecule has 7 nitrogen and oxygen atoms in total. The van der Waals surface area contributed by atoms with Crippen LogP contribution in [0.25, 0.3) is 0 Å². The number of amides is 2. The predicted octanol–water partition coefficient (Wildman–Crippen LogP) is 1.61. The van der Waals surface area contributed by atoms with Crippen molar-refractivity contribution in [3.63, 3.8) is 0 Å². The predicted molar refractivity (Wildman–Crippen MR) is 101 cm³/mol. The van der Waals surface area contributed by atoms with E-state index in [2.05, 4.69) is 16.2 Å². The van der Waals surface area contributed by atoms with Crippen LogP contribution in [0.4, 0.5) is 5.69 Å². The van der Waals surface area contributed by atoms with E-state index in [0.29, 0.717) is 35.8 Å². The van der Waals surface area contributed by atoms with Gasteiger partial charge >= 0.3 is 0 Å². The molecule has 0 spiro atoms. The van der Waals surface area contributed by atoms with Crippen LogP contribution in [0.1, 0.15) is 30.1 Å². The first-order valence-electron chi connectivity index (χ1n) is 7.88. The Morgan fingerprint density at radius 2 is 2.20 bits per heavy atom. The maximum Gasteiger partial charge on any atom is 0.271 e. The molecule has 0 unspecified atom stereocenters. The van der Waals surface area contributed by atoms with Gasteiger partial charge in [0.25, 0.3) is 5.91 Å². The number of nitrogens with one attached hydrogen (secondary N) is 3. The molecule has 3 N–H and O–H groups in total. The van der Waals surface area contributed by atoms with Crippen molar-refractivity contribution < 1.29 is 14.3 Å². The molecule has 9 heteroatoms. The molecular weight excluding hydrogens is 364 g/mol. The second-order valence-corrected chi connectivity index (χ2v) is 6.56. The van der Waals surface area contributed by atoms with Crippen LogP contribution in [0.15, 0.2) is 18.2 Å². The monoisotopic (exact) mass is 384 g/mol. The number of thiocarbonyl (C=S) groups is 1. The van der Waals surface area contributed by atoms with Crippen LogP contribution in [0.2, 0.25) is 5.02 Å². The third-order valence-electron chi connectivity index (χ3n) is 3.65. The van der Waals surface area contributed by atoms with Gasteiger partial charge in [0.05, 0.1) is 17.9 Å². The molecule has 2 amide bonds. The van der Waals surface area contributed by atoms with Gasteiger partial charge < -0.3 is 15.0 Å². The van der Waals surface area contributed by atoms with Crippen molar-refractivity contribution in [3.05, 3.63) is 28.8 Å². The third-order valence-corrected chi connectivity index (χ3v) is 4.11. The van der Waals surface area contributed by atoms with Gasteiger partial charge in [-0.05, 0) is 43.8 Å². The zero-order valence-corrected chi connectivity index (χ0v) is 15.7. The normalized spacial score (nSPS) is 15.0. The Morgan fingerprint density at radius 1 is 1.44 bits per heavy atom. The Bertz CT molecular complexity index is 671. The Labute approximate surface area is 157 Å². The molecule has 136 valence electrons. The fraction of sp³-hybridized carbons (Fsp3) is 0.438. The minimum atomic E-state index is -0.407. The Kier molecular flexibility index (Phi) is 6.98. The molecule has 1 aliphatic heterocycles. The van der Waals surface area contributed by atoms with Crippen LogP contribution in [0.5, 0.6) is 0 Å². The highest BCUT2D eigenvalue weighted by Crippen LogP contribution is 2.28. The van der Waals surface area contributed by atoms with Crippen molar-refractivity contribution in [3.8, 4) is 0 Å². The lowest BCUT2D eigenvalue weighted by atomic mass is 10.1. The first-order chi connectivity index (χ1) is 11.9. The molecule has 1 atom stereocenters. The quantitative estimate of drug-likeness (QED) is 0.528. The Morgan fingerprint density at radius 3 is 2.84 bits per heavy atom. The summed E-state index contributed by atoms with van der Waals surface area (Å²) in [6.07, 6.45) is 1.23. The highest BCUT2D eigenvalue weighted by atomic mass is 35.5. The van der Waals surface area contributed by atoms with Crippen LogP contribution in [-0.2, 0) is 9.53 Å². The summed E-state index contributed by atoms with van der Waals surface area (Å²) in [5.41, 5.74) is 6.02. The van der Waals surface area contributed by atoms with E-state index in [-0.39, 0.29) is 17.1 Å². The number of anilines is 1. The molecule has 1 saturated heterocycles. The average molecular weight is 385 g/mol. The molecule has 1 heterocycles. The zero-order chi connectivity index (χ0) is 18.4. The lowest BCUT2D eigenvalue weighted by molar-refractivity contribution is -0.117. The van der Waals surface area contributed by atoms with E-state index in [1.165, 1.54) is 0 Å². The van der Waals surface area contributed by atoms with Crippen LogP contribution in [-0.4, -0.2) is 43.2 Å². The highest BCUT2D eigenvalue weighted by molar-refractivity contribution is 7.80. The van der Waals surface area contributed by atoms with Gasteiger partial charge in [-0.15, -0.1) is 0 Å². The molecule has 0 aliphatic carbocycles. The summed E-state index contributed by atoms with van der Waals surface area (Å²) in [6, 6.07) is 4.81. The SMILES string of the molecule is COC[C@H](C)NC(=S)NNC(=O)c1ccc(Cl)cc1N1CCCC1=O. The maximum absolute atomic E-state index is 12.5. The van der Waals surface area contributed by atoms with Gasteiger partial charge in [-0.3, -0.25) is 20.4 Å². The van der Waals surface area contributed by atoms with E-state index in [1.54, 1.807) is 30.2 Å². The van der Waals surface area contributed by atoms with Crippen molar-refractivity contribution in [1.82, 2.24) is 16.2 Å². The number of carbonyl (C=O) groups is 2. The van der Waals surface area contributed by atoms with E-state index >= 15 is 0 Å². The number of ether oxygens (including phenoxy) is 1. The Balaban J connectivity index is 2.04. The molecule has 0 saturated carbocycles. The minimum absolute atomic E-state index is 0.00443. The number of rotatable bonds is 5. The van der Waals surface area contributed by atoms with E-state index in [0.717, 1.165) is 6.42 Å². The third kappa shape index (κ3) is 5.29. The lowest BCUT2D eigenvalue weighted by Gasteiger charge is -2.20. The van der Waals surface area contributed by atoms with Gasteiger partial charge in [-0.2, -0.15) is 0 Å². The van der Waals surface area contributed by atoms with Gasteiger partial charge in [0.2, 0.25) is 5.91 Å². The molecule has 1 aromatic carbocycles. The summed E-state index contributed by atoms with van der Waals surface area (Å²) in [6.45, 7) is 2.95. The second-order valence-electron chi connectivity index (χ2n) is 5.72. The Hall–Kier alpha value is -1.90. The fourth-order valence-electron chi connectivity index (χ4n) is 2.56. The highest BCUT2D eigenvalue weighted by Gasteiger charge is 2.26. The van der Waals surface area contributed by atoms with Crippen LogP contribution in [0.3, 0.4) is 0 Å². The van der Waals surface area contributed by atoms with Gasteiger partial charge in [0, 0.05) is 31.1 Å². The van der Waals surface area contributed by atoms with Crippen molar-refractivity contribution in [2.45, 2.75) is 25.8 Å². The molecule has 0 bridgehead atoms. The number of hydrogen-bond donors (Lipinski definition) is 3. The molecule has 1 aliphatic rings. The van der Waals surface area contributed by atoms with E-state index in [4.69, 9.17) is 28.6 Å². The molecular formula is C16H21ClN4O3S. The van der Waals surface area contributed by atoms with Gasteiger partial charge in [0.15, 0.2) is 5.11 Å². The van der Waals surface area contributed by atoms with Crippen LogP contribution in [0, 0.1) is 0 Å². The number of nitrogens with zero attached hydrogens (tertiary/aromatic N) is 1. The fourth-order valence-corrected chi connectivity index (χ4v) is 2.97. The smallest absolute Gasteiger partial charge is 0.271 e. The molecule has 25 heavy (non-hydrogen) atoms. The number of halogens is 1. The lowest BCUT2D eigenvalue weighted by Crippen LogP contribution is -2.50. The summed E-state index contributed by atoms with van der Waals surface area (Å²) in [7, 11) is 1.60. The van der Waals surface area contributed by atoms with Crippen molar-refractivity contribution >= 4 is 46.4 Å². The average Bonchev–Trinajstić information content (AvgIpc) is 2.98. The molecule has 2 rings (SSSR count). The summed E-state index contributed by atoms with van der Waals surface area (Å²) in [4.78, 5) is 26.1. The zero-order valence-electron chi connectivity index (χ0n) is 14.1. The van der Waals surface area contributed by atoms with Gasteiger partial charge in [-0.25, -0.2) is 0 Å². The number of methoxy groups -OCH3 is 1. The minimum Gasteiger partial charge on any atom is -0.383 e.